The first kappa shape index (κ1) is 14.0. The summed E-state index contributed by atoms with van der Waals surface area (Å²) in [4.78, 5) is 0. The Labute approximate surface area is 90.7 Å². The van der Waals surface area contributed by atoms with Gasteiger partial charge in [0.05, 0.1) is 0 Å². The maximum absolute atomic E-state index is 3.48. The molecule has 0 rings (SSSR count). The molecule has 1 heteroatoms. The minimum atomic E-state index is 0.684. The van der Waals surface area contributed by atoms with Crippen molar-refractivity contribution in [1.82, 2.24) is 5.32 Å². The van der Waals surface area contributed by atoms with Gasteiger partial charge in [-0.3, -0.25) is 0 Å². The van der Waals surface area contributed by atoms with Crippen molar-refractivity contribution in [2.24, 2.45) is 11.8 Å². The zero-order valence-electron chi connectivity index (χ0n) is 10.8. The van der Waals surface area contributed by atoms with Crippen molar-refractivity contribution in [3.8, 4) is 0 Å². The summed E-state index contributed by atoms with van der Waals surface area (Å²) in [5.74, 6) is 1.77. The van der Waals surface area contributed by atoms with Crippen LogP contribution in [0, 0.1) is 11.8 Å². The van der Waals surface area contributed by atoms with Crippen molar-refractivity contribution in [1.29, 1.82) is 0 Å². The van der Waals surface area contributed by atoms with Gasteiger partial charge < -0.3 is 5.32 Å². The highest BCUT2D eigenvalue weighted by Gasteiger charge is 2.11. The minimum Gasteiger partial charge on any atom is -0.315 e. The molecule has 0 heterocycles. The number of rotatable bonds is 8. The van der Waals surface area contributed by atoms with E-state index in [4.69, 9.17) is 0 Å². The molecule has 0 aliphatic rings. The van der Waals surface area contributed by atoms with Crippen LogP contribution in [0.2, 0.25) is 0 Å². The van der Waals surface area contributed by atoms with Gasteiger partial charge in [-0.05, 0) is 38.1 Å². The predicted octanol–water partition coefficient (Wildman–Crippen LogP) is 3.84. The fourth-order valence-corrected chi connectivity index (χ4v) is 2.43. The third-order valence-corrected chi connectivity index (χ3v) is 2.89. The van der Waals surface area contributed by atoms with Gasteiger partial charge >= 0.3 is 0 Å². The van der Waals surface area contributed by atoms with Crippen LogP contribution in [0.1, 0.15) is 60.3 Å². The summed E-state index contributed by atoms with van der Waals surface area (Å²) in [6.07, 6.45) is 5.43. The van der Waals surface area contributed by atoms with Gasteiger partial charge in [0.25, 0.3) is 0 Å². The highest BCUT2D eigenvalue weighted by Crippen LogP contribution is 2.20. The average Bonchev–Trinajstić information content (AvgIpc) is 2.03. The van der Waals surface area contributed by atoms with Gasteiger partial charge in [-0.15, -0.1) is 0 Å². The number of hydrogen-bond donors (Lipinski definition) is 1. The van der Waals surface area contributed by atoms with Gasteiger partial charge in [0.2, 0.25) is 0 Å². The molecule has 14 heavy (non-hydrogen) atoms. The van der Waals surface area contributed by atoms with E-state index in [-0.39, 0.29) is 0 Å². The van der Waals surface area contributed by atoms with Crippen molar-refractivity contribution >= 4 is 0 Å². The predicted molar refractivity (Wildman–Crippen MR) is 65.6 cm³/mol. The third-order valence-electron chi connectivity index (χ3n) is 2.89. The second-order valence-electron chi connectivity index (χ2n) is 4.93. The molecular formula is C13H29N. The Hall–Kier alpha value is -0.0400. The molecule has 0 amide bonds. The van der Waals surface area contributed by atoms with Crippen LogP contribution in [0.25, 0.3) is 0 Å². The number of nitrogens with one attached hydrogen (secondary N) is 1. The van der Waals surface area contributed by atoms with E-state index in [1.807, 2.05) is 0 Å². The highest BCUT2D eigenvalue weighted by molar-refractivity contribution is 4.66. The Morgan fingerprint density at radius 1 is 0.929 bits per heavy atom. The molecule has 0 aromatic carbocycles. The van der Waals surface area contributed by atoms with Crippen LogP contribution in [0.5, 0.6) is 0 Å². The SMILES string of the molecule is CCCC(C)CC(C)CC(C)NCC. The molecule has 86 valence electrons. The molecule has 0 fully saturated rings. The standard InChI is InChI=1S/C13H29N/c1-6-8-11(3)9-12(4)10-13(5)14-7-2/h11-14H,6-10H2,1-5H3. The van der Waals surface area contributed by atoms with E-state index in [1.54, 1.807) is 0 Å². The van der Waals surface area contributed by atoms with E-state index in [2.05, 4.69) is 39.9 Å². The van der Waals surface area contributed by atoms with Crippen LogP contribution in [0.3, 0.4) is 0 Å². The highest BCUT2D eigenvalue weighted by atomic mass is 14.9. The third kappa shape index (κ3) is 7.37. The first-order valence-electron chi connectivity index (χ1n) is 6.33. The fraction of sp³-hybridized carbons (Fsp3) is 1.00. The van der Waals surface area contributed by atoms with E-state index < -0.39 is 0 Å². The zero-order chi connectivity index (χ0) is 11.0. The lowest BCUT2D eigenvalue weighted by Gasteiger charge is -2.20. The summed E-state index contributed by atoms with van der Waals surface area (Å²) < 4.78 is 0. The molecule has 0 spiro atoms. The minimum absolute atomic E-state index is 0.684. The van der Waals surface area contributed by atoms with Crippen LogP contribution < -0.4 is 5.32 Å². The molecule has 1 nitrogen and oxygen atoms in total. The summed E-state index contributed by atoms with van der Waals surface area (Å²) in [5, 5.41) is 3.48. The smallest absolute Gasteiger partial charge is 0.00411 e. The Kier molecular flexibility index (Phi) is 8.26. The average molecular weight is 199 g/mol. The summed E-state index contributed by atoms with van der Waals surface area (Å²) in [6, 6.07) is 0.684. The molecule has 1 N–H and O–H groups in total. The summed E-state index contributed by atoms with van der Waals surface area (Å²) in [7, 11) is 0. The van der Waals surface area contributed by atoms with E-state index in [0.29, 0.717) is 6.04 Å². The molecular weight excluding hydrogens is 170 g/mol. The first-order chi connectivity index (χ1) is 6.60. The van der Waals surface area contributed by atoms with Crippen molar-refractivity contribution in [2.45, 2.75) is 66.3 Å². The van der Waals surface area contributed by atoms with Gasteiger partial charge in [-0.25, -0.2) is 0 Å². The topological polar surface area (TPSA) is 12.0 Å². The van der Waals surface area contributed by atoms with Crippen molar-refractivity contribution in [2.75, 3.05) is 6.54 Å². The molecule has 0 saturated heterocycles. The van der Waals surface area contributed by atoms with E-state index in [9.17, 15) is 0 Å². The summed E-state index contributed by atoms with van der Waals surface area (Å²) in [6.45, 7) is 12.6. The molecule has 0 saturated carbocycles. The van der Waals surface area contributed by atoms with E-state index >= 15 is 0 Å². The van der Waals surface area contributed by atoms with Crippen LogP contribution in [-0.2, 0) is 0 Å². The maximum Gasteiger partial charge on any atom is 0.00411 e. The Morgan fingerprint density at radius 2 is 1.57 bits per heavy atom. The molecule has 0 aliphatic carbocycles. The summed E-state index contributed by atoms with van der Waals surface area (Å²) >= 11 is 0. The molecule has 0 aromatic rings. The molecule has 0 aliphatic heterocycles. The van der Waals surface area contributed by atoms with Crippen molar-refractivity contribution < 1.29 is 0 Å². The largest absolute Gasteiger partial charge is 0.315 e. The lowest BCUT2D eigenvalue weighted by Crippen LogP contribution is -2.27. The van der Waals surface area contributed by atoms with Gasteiger partial charge in [0.1, 0.15) is 0 Å². The van der Waals surface area contributed by atoms with Crippen LogP contribution in [0.15, 0.2) is 0 Å². The molecule has 0 bridgehead atoms. The van der Waals surface area contributed by atoms with Crippen LogP contribution >= 0.6 is 0 Å². The van der Waals surface area contributed by atoms with Gasteiger partial charge in [0, 0.05) is 6.04 Å². The second kappa shape index (κ2) is 8.28. The maximum atomic E-state index is 3.48. The first-order valence-corrected chi connectivity index (χ1v) is 6.33. The van der Waals surface area contributed by atoms with Gasteiger partial charge in [0.15, 0.2) is 0 Å². The van der Waals surface area contributed by atoms with Crippen molar-refractivity contribution in [3.05, 3.63) is 0 Å². The quantitative estimate of drug-likeness (QED) is 0.626. The Morgan fingerprint density at radius 3 is 2.07 bits per heavy atom. The lowest BCUT2D eigenvalue weighted by molar-refractivity contribution is 0.342. The van der Waals surface area contributed by atoms with Crippen LogP contribution in [0.4, 0.5) is 0 Å². The second-order valence-corrected chi connectivity index (χ2v) is 4.93. The zero-order valence-corrected chi connectivity index (χ0v) is 10.8. The Bertz CT molecular complexity index is 108. The summed E-state index contributed by atoms with van der Waals surface area (Å²) in [5.41, 5.74) is 0. The fourth-order valence-electron chi connectivity index (χ4n) is 2.43. The normalized spacial score (nSPS) is 17.8. The lowest BCUT2D eigenvalue weighted by atomic mass is 9.90. The van der Waals surface area contributed by atoms with Crippen LogP contribution in [-0.4, -0.2) is 12.6 Å². The number of hydrogen-bond acceptors (Lipinski definition) is 1. The van der Waals surface area contributed by atoms with E-state index in [0.717, 1.165) is 18.4 Å². The van der Waals surface area contributed by atoms with Gasteiger partial charge in [-0.2, -0.15) is 0 Å². The molecule has 0 aromatic heterocycles. The molecule has 3 atom stereocenters. The van der Waals surface area contributed by atoms with E-state index in [1.165, 1.54) is 25.7 Å². The molecule has 0 radical (unpaired) electrons. The molecule has 3 unspecified atom stereocenters. The van der Waals surface area contributed by atoms with Crippen molar-refractivity contribution in [3.63, 3.8) is 0 Å². The monoisotopic (exact) mass is 199 g/mol. The van der Waals surface area contributed by atoms with Gasteiger partial charge in [-0.1, -0.05) is 40.5 Å². The Balaban J connectivity index is 3.57.